The van der Waals surface area contributed by atoms with Crippen molar-refractivity contribution in [2.75, 3.05) is 5.32 Å². The lowest BCUT2D eigenvalue weighted by atomic mass is 9.94. The molecule has 27 heavy (non-hydrogen) atoms. The molecule has 2 bridgehead atoms. The Bertz CT molecular complexity index is 933. The van der Waals surface area contributed by atoms with Crippen molar-refractivity contribution in [3.05, 3.63) is 75.8 Å². The fraction of sp³-hybridized carbons (Fsp3) is 0.250. The number of hydrogen-bond acceptors (Lipinski definition) is 4. The normalized spacial score (nSPS) is 30.9. The summed E-state index contributed by atoms with van der Waals surface area (Å²) in [6.45, 7) is 0. The van der Waals surface area contributed by atoms with Crippen molar-refractivity contribution in [2.45, 2.75) is 30.7 Å². The average molecular weight is 404 g/mol. The third-order valence-electron chi connectivity index (χ3n) is 4.97. The van der Waals surface area contributed by atoms with E-state index in [1.807, 2.05) is 36.4 Å². The van der Waals surface area contributed by atoms with Crippen molar-refractivity contribution in [2.24, 2.45) is 0 Å². The standard InChI is InChI=1S/C20H15Cl2NO4/c21-13-7-6-11(8-14(13)22)23-19(24)12-9-15-17-18(16(12)25-15)27-20(26-17)10-4-2-1-3-5-10/h1-9,15-18,20H,(H,23,24)/t15-,16+,17-,18+,20?/m1/s1. The van der Waals surface area contributed by atoms with Crippen molar-refractivity contribution < 1.29 is 19.0 Å². The molecule has 5 nitrogen and oxygen atoms in total. The van der Waals surface area contributed by atoms with E-state index in [4.69, 9.17) is 37.4 Å². The Kier molecular flexibility index (Phi) is 4.22. The van der Waals surface area contributed by atoms with E-state index in [-0.39, 0.29) is 24.2 Å². The first kappa shape index (κ1) is 17.2. The lowest BCUT2D eigenvalue weighted by Gasteiger charge is -2.19. The molecule has 3 heterocycles. The molecular weight excluding hydrogens is 389 g/mol. The molecule has 1 amide bonds. The van der Waals surface area contributed by atoms with Gasteiger partial charge in [0, 0.05) is 16.8 Å². The highest BCUT2D eigenvalue weighted by Crippen LogP contribution is 2.46. The zero-order valence-corrected chi connectivity index (χ0v) is 15.5. The Labute approximate surface area is 165 Å². The molecule has 1 unspecified atom stereocenters. The fourth-order valence-corrected chi connectivity index (χ4v) is 4.01. The Morgan fingerprint density at radius 1 is 0.926 bits per heavy atom. The molecule has 0 aromatic heterocycles. The summed E-state index contributed by atoms with van der Waals surface area (Å²) in [7, 11) is 0. The third kappa shape index (κ3) is 2.96. The van der Waals surface area contributed by atoms with E-state index in [1.165, 1.54) is 0 Å². The third-order valence-corrected chi connectivity index (χ3v) is 5.71. The van der Waals surface area contributed by atoms with Gasteiger partial charge in [-0.1, -0.05) is 53.5 Å². The van der Waals surface area contributed by atoms with Gasteiger partial charge >= 0.3 is 0 Å². The van der Waals surface area contributed by atoms with Gasteiger partial charge in [0.25, 0.3) is 5.91 Å². The number of fused-ring (bicyclic) bond motifs is 5. The summed E-state index contributed by atoms with van der Waals surface area (Å²) in [5, 5.41) is 3.65. The summed E-state index contributed by atoms with van der Waals surface area (Å²) >= 11 is 11.9. The number of anilines is 1. The molecule has 2 aromatic rings. The maximum atomic E-state index is 12.7. The Morgan fingerprint density at radius 3 is 2.48 bits per heavy atom. The summed E-state index contributed by atoms with van der Waals surface area (Å²) in [6, 6.07) is 14.7. The van der Waals surface area contributed by atoms with Gasteiger partial charge in [0.15, 0.2) is 6.29 Å². The minimum atomic E-state index is -0.448. The van der Waals surface area contributed by atoms with E-state index in [2.05, 4.69) is 5.32 Å². The van der Waals surface area contributed by atoms with Gasteiger partial charge in [-0.2, -0.15) is 0 Å². The van der Waals surface area contributed by atoms with E-state index in [1.54, 1.807) is 18.2 Å². The summed E-state index contributed by atoms with van der Waals surface area (Å²) in [5.41, 5.74) is 2.07. The molecule has 5 atom stereocenters. The van der Waals surface area contributed by atoms with E-state index < -0.39 is 12.4 Å². The van der Waals surface area contributed by atoms with Crippen LogP contribution in [0.5, 0.6) is 0 Å². The Hall–Kier alpha value is -1.89. The molecule has 7 heteroatoms. The molecule has 3 aliphatic rings. The zero-order chi connectivity index (χ0) is 18.5. The van der Waals surface area contributed by atoms with Crippen LogP contribution < -0.4 is 5.32 Å². The zero-order valence-electron chi connectivity index (χ0n) is 14.0. The highest BCUT2D eigenvalue weighted by Gasteiger charge is 2.57. The van der Waals surface area contributed by atoms with Crippen LogP contribution in [0.25, 0.3) is 0 Å². The number of rotatable bonds is 3. The van der Waals surface area contributed by atoms with Gasteiger partial charge in [-0.05, 0) is 24.3 Å². The number of carbonyl (C=O) groups excluding carboxylic acids is 1. The molecule has 2 aromatic carbocycles. The first-order chi connectivity index (χ1) is 13.1. The summed E-state index contributed by atoms with van der Waals surface area (Å²) in [5.74, 6) is -0.244. The summed E-state index contributed by atoms with van der Waals surface area (Å²) < 4.78 is 18.0. The largest absolute Gasteiger partial charge is 0.360 e. The molecule has 0 radical (unpaired) electrons. The maximum absolute atomic E-state index is 12.7. The van der Waals surface area contributed by atoms with Crippen molar-refractivity contribution in [1.29, 1.82) is 0 Å². The van der Waals surface area contributed by atoms with Crippen molar-refractivity contribution in [3.63, 3.8) is 0 Å². The SMILES string of the molecule is O=C(Nc1ccc(Cl)c(Cl)c1)C1=C[C@H]2O[C@@H]1[C@@H]1OC(c3ccccc3)O[C@@H]12. The van der Waals surface area contributed by atoms with Gasteiger partial charge in [0.05, 0.1) is 10.0 Å². The van der Waals surface area contributed by atoms with Gasteiger partial charge in [0.1, 0.15) is 24.4 Å². The number of halogens is 2. The molecule has 1 N–H and O–H groups in total. The lowest BCUT2D eigenvalue weighted by molar-refractivity contribution is -0.120. The van der Waals surface area contributed by atoms with Crippen molar-refractivity contribution >= 4 is 34.8 Å². The number of benzene rings is 2. The second kappa shape index (κ2) is 6.62. The van der Waals surface area contributed by atoms with Crippen LogP contribution in [0.2, 0.25) is 10.0 Å². The number of hydrogen-bond donors (Lipinski definition) is 1. The number of ether oxygens (including phenoxy) is 3. The number of carbonyl (C=O) groups is 1. The summed E-state index contributed by atoms with van der Waals surface area (Å²) in [6.07, 6.45) is 0.123. The average Bonchev–Trinajstić information content (AvgIpc) is 3.36. The van der Waals surface area contributed by atoms with E-state index >= 15 is 0 Å². The molecule has 0 spiro atoms. The van der Waals surface area contributed by atoms with Crippen LogP contribution in [0, 0.1) is 0 Å². The Morgan fingerprint density at radius 2 is 1.70 bits per heavy atom. The Balaban J connectivity index is 1.31. The first-order valence-electron chi connectivity index (χ1n) is 8.59. The van der Waals surface area contributed by atoms with Crippen molar-refractivity contribution in [3.8, 4) is 0 Å². The predicted octanol–water partition coefficient (Wildman–Crippen LogP) is 4.12. The van der Waals surface area contributed by atoms with Crippen LogP contribution in [0.1, 0.15) is 11.9 Å². The van der Waals surface area contributed by atoms with Gasteiger partial charge in [-0.15, -0.1) is 0 Å². The van der Waals surface area contributed by atoms with Gasteiger partial charge in [-0.3, -0.25) is 4.79 Å². The highest BCUT2D eigenvalue weighted by molar-refractivity contribution is 6.42. The van der Waals surface area contributed by atoms with Gasteiger partial charge < -0.3 is 19.5 Å². The first-order valence-corrected chi connectivity index (χ1v) is 9.35. The lowest BCUT2D eigenvalue weighted by Crippen LogP contribution is -2.37. The topological polar surface area (TPSA) is 56.8 Å². The minimum absolute atomic E-state index is 0.207. The molecule has 0 saturated carbocycles. The van der Waals surface area contributed by atoms with Crippen LogP contribution in [0.3, 0.4) is 0 Å². The second-order valence-corrected chi connectivity index (χ2v) is 7.48. The van der Waals surface area contributed by atoms with E-state index in [0.717, 1.165) is 5.56 Å². The van der Waals surface area contributed by atoms with Crippen LogP contribution in [0.4, 0.5) is 5.69 Å². The molecule has 2 saturated heterocycles. The highest BCUT2D eigenvalue weighted by atomic mass is 35.5. The monoisotopic (exact) mass is 403 g/mol. The molecule has 2 fully saturated rings. The van der Waals surface area contributed by atoms with Gasteiger partial charge in [-0.25, -0.2) is 0 Å². The predicted molar refractivity (Wildman–Crippen MR) is 101 cm³/mol. The molecule has 138 valence electrons. The van der Waals surface area contributed by atoms with E-state index in [9.17, 15) is 4.79 Å². The van der Waals surface area contributed by atoms with E-state index in [0.29, 0.717) is 21.3 Å². The summed E-state index contributed by atoms with van der Waals surface area (Å²) in [4.78, 5) is 12.7. The number of amides is 1. The van der Waals surface area contributed by atoms with Gasteiger partial charge in [0.2, 0.25) is 0 Å². The molecule has 0 aliphatic carbocycles. The minimum Gasteiger partial charge on any atom is -0.360 e. The number of nitrogens with one attached hydrogen (secondary N) is 1. The molecule has 3 aliphatic heterocycles. The molecule has 5 rings (SSSR count). The van der Waals surface area contributed by atoms with Crippen LogP contribution >= 0.6 is 23.2 Å². The quantitative estimate of drug-likeness (QED) is 0.836. The van der Waals surface area contributed by atoms with Crippen LogP contribution in [-0.4, -0.2) is 30.3 Å². The maximum Gasteiger partial charge on any atom is 0.254 e. The van der Waals surface area contributed by atoms with Crippen LogP contribution in [-0.2, 0) is 19.0 Å². The molecular formula is C20H15Cl2NO4. The van der Waals surface area contributed by atoms with Crippen LogP contribution in [0.15, 0.2) is 60.2 Å². The fourth-order valence-electron chi connectivity index (χ4n) is 3.71. The van der Waals surface area contributed by atoms with Crippen molar-refractivity contribution in [1.82, 2.24) is 0 Å². The smallest absolute Gasteiger partial charge is 0.254 e. The second-order valence-electron chi connectivity index (χ2n) is 6.67.